The lowest BCUT2D eigenvalue weighted by Crippen LogP contribution is -2.13. The maximum Gasteiger partial charge on any atom is 0.276 e. The van der Waals surface area contributed by atoms with Crippen LogP contribution in [0.5, 0.6) is 0 Å². The van der Waals surface area contributed by atoms with Crippen LogP contribution in [0.15, 0.2) is 46.0 Å². The highest BCUT2D eigenvalue weighted by Crippen LogP contribution is 2.22. The van der Waals surface area contributed by atoms with E-state index in [0.29, 0.717) is 17.0 Å². The Labute approximate surface area is 142 Å². The predicted molar refractivity (Wildman–Crippen MR) is 94.1 cm³/mol. The van der Waals surface area contributed by atoms with Crippen LogP contribution < -0.4 is 5.73 Å². The van der Waals surface area contributed by atoms with Crippen LogP contribution in [-0.2, 0) is 0 Å². The van der Waals surface area contributed by atoms with Gasteiger partial charge in [0, 0.05) is 5.75 Å². The third-order valence-corrected chi connectivity index (χ3v) is 3.65. The first-order valence-corrected chi connectivity index (χ1v) is 8.07. The van der Waals surface area contributed by atoms with Gasteiger partial charge in [-0.25, -0.2) is 0 Å². The summed E-state index contributed by atoms with van der Waals surface area (Å²) in [6.07, 6.45) is 5.01. The molecule has 22 heavy (non-hydrogen) atoms. The topological polar surface area (TPSA) is 64.9 Å². The van der Waals surface area contributed by atoms with Gasteiger partial charge in [0.05, 0.1) is 6.04 Å². The van der Waals surface area contributed by atoms with Gasteiger partial charge in [-0.15, -0.1) is 22.6 Å². The number of thioether (sulfide) groups is 1. The normalized spacial score (nSPS) is 12.5. The molecule has 0 aliphatic heterocycles. The molecule has 0 fully saturated rings. The Kier molecular flexibility index (Phi) is 8.24. The molecule has 4 nitrogen and oxygen atoms in total. The number of hydrogen-bond donors (Lipinski definition) is 1. The second-order valence-corrected chi connectivity index (χ2v) is 6.24. The van der Waals surface area contributed by atoms with E-state index in [2.05, 4.69) is 48.3 Å². The first-order valence-electron chi connectivity index (χ1n) is 7.08. The molecule has 0 bridgehead atoms. The van der Waals surface area contributed by atoms with Crippen molar-refractivity contribution in [2.24, 2.45) is 11.7 Å². The summed E-state index contributed by atoms with van der Waals surface area (Å²) in [7, 11) is 0. The Morgan fingerprint density at radius 1 is 1.23 bits per heavy atom. The van der Waals surface area contributed by atoms with Gasteiger partial charge in [0.15, 0.2) is 0 Å². The molecule has 1 aromatic carbocycles. The molecule has 0 spiro atoms. The van der Waals surface area contributed by atoms with Crippen LogP contribution in [0.3, 0.4) is 0 Å². The third kappa shape index (κ3) is 6.22. The molecule has 0 saturated carbocycles. The van der Waals surface area contributed by atoms with Crippen LogP contribution in [0, 0.1) is 5.92 Å². The highest BCUT2D eigenvalue weighted by molar-refractivity contribution is 7.99. The van der Waals surface area contributed by atoms with Gasteiger partial charge in [0.2, 0.25) is 5.89 Å². The Morgan fingerprint density at radius 2 is 1.95 bits per heavy atom. The molecule has 1 heterocycles. The van der Waals surface area contributed by atoms with Crippen LogP contribution in [0.4, 0.5) is 0 Å². The van der Waals surface area contributed by atoms with E-state index in [0.717, 1.165) is 12.2 Å². The van der Waals surface area contributed by atoms with Crippen molar-refractivity contribution in [3.8, 4) is 0 Å². The molecule has 0 amide bonds. The summed E-state index contributed by atoms with van der Waals surface area (Å²) in [5, 5.41) is 8.61. The van der Waals surface area contributed by atoms with E-state index in [1.807, 2.05) is 18.2 Å². The lowest BCUT2D eigenvalue weighted by molar-refractivity contribution is 0.361. The van der Waals surface area contributed by atoms with E-state index >= 15 is 0 Å². The van der Waals surface area contributed by atoms with E-state index < -0.39 is 0 Å². The largest absolute Gasteiger partial charge is 0.414 e. The quantitative estimate of drug-likeness (QED) is 0.760. The van der Waals surface area contributed by atoms with E-state index in [1.54, 1.807) is 0 Å². The monoisotopic (exact) mass is 339 g/mol. The molecule has 0 unspecified atom stereocenters. The SMILES string of the molecule is CC(C)C[C@H](N)c1nnc(SC/C=C/c2ccccc2)o1.Cl. The molecule has 2 N–H and O–H groups in total. The zero-order chi connectivity index (χ0) is 15.1. The number of benzene rings is 1. The number of hydrogen-bond acceptors (Lipinski definition) is 5. The molecule has 0 radical (unpaired) electrons. The number of halogens is 1. The molecule has 2 aromatic rings. The van der Waals surface area contributed by atoms with Gasteiger partial charge < -0.3 is 10.2 Å². The minimum Gasteiger partial charge on any atom is -0.414 e. The summed E-state index contributed by atoms with van der Waals surface area (Å²) >= 11 is 1.51. The summed E-state index contributed by atoms with van der Waals surface area (Å²) in [5.74, 6) is 1.82. The zero-order valence-electron chi connectivity index (χ0n) is 12.8. The fraction of sp³-hybridized carbons (Fsp3) is 0.375. The van der Waals surface area contributed by atoms with Crippen LogP contribution >= 0.6 is 24.2 Å². The average Bonchev–Trinajstić information content (AvgIpc) is 2.93. The molecule has 2 rings (SSSR count). The molecular weight excluding hydrogens is 318 g/mol. The van der Waals surface area contributed by atoms with Crippen LogP contribution in [0.25, 0.3) is 6.08 Å². The first-order chi connectivity index (χ1) is 10.1. The zero-order valence-corrected chi connectivity index (χ0v) is 14.4. The van der Waals surface area contributed by atoms with Gasteiger partial charge in [0.1, 0.15) is 0 Å². The smallest absolute Gasteiger partial charge is 0.276 e. The number of nitrogens with two attached hydrogens (primary N) is 1. The van der Waals surface area contributed by atoms with Gasteiger partial charge in [0.25, 0.3) is 5.22 Å². The highest BCUT2D eigenvalue weighted by Gasteiger charge is 2.15. The van der Waals surface area contributed by atoms with Crippen molar-refractivity contribution < 1.29 is 4.42 Å². The van der Waals surface area contributed by atoms with Crippen molar-refractivity contribution in [3.05, 3.63) is 47.9 Å². The van der Waals surface area contributed by atoms with Crippen molar-refractivity contribution in [2.45, 2.75) is 31.5 Å². The molecule has 1 aromatic heterocycles. The lowest BCUT2D eigenvalue weighted by Gasteiger charge is -2.08. The average molecular weight is 340 g/mol. The Morgan fingerprint density at radius 3 is 2.64 bits per heavy atom. The van der Waals surface area contributed by atoms with Gasteiger partial charge >= 0.3 is 0 Å². The Balaban J connectivity index is 0.00000242. The van der Waals surface area contributed by atoms with Crippen LogP contribution in [-0.4, -0.2) is 16.0 Å². The van der Waals surface area contributed by atoms with Crippen LogP contribution in [0.2, 0.25) is 0 Å². The highest BCUT2D eigenvalue weighted by atomic mass is 35.5. The fourth-order valence-electron chi connectivity index (χ4n) is 1.90. The number of aromatic nitrogens is 2. The third-order valence-electron chi connectivity index (χ3n) is 2.88. The van der Waals surface area contributed by atoms with Crippen molar-refractivity contribution in [1.82, 2.24) is 10.2 Å². The molecule has 120 valence electrons. The van der Waals surface area contributed by atoms with Gasteiger partial charge in [-0.1, -0.05) is 68.1 Å². The minimum absolute atomic E-state index is 0. The molecular formula is C16H22ClN3OS. The predicted octanol–water partition coefficient (Wildman–Crippen LogP) is 4.34. The standard InChI is InChI=1S/C16H21N3OS.ClH/c1-12(2)11-14(17)15-18-19-16(20-15)21-10-6-9-13-7-4-3-5-8-13;/h3-9,12,14H,10-11,17H2,1-2H3;1H/b9-6+;/t14-;/m0./s1. The molecule has 1 atom stereocenters. The number of rotatable bonds is 7. The van der Waals surface area contributed by atoms with Gasteiger partial charge in [-0.2, -0.15) is 0 Å². The van der Waals surface area contributed by atoms with Crippen molar-refractivity contribution in [3.63, 3.8) is 0 Å². The van der Waals surface area contributed by atoms with Crippen molar-refractivity contribution in [1.29, 1.82) is 0 Å². The van der Waals surface area contributed by atoms with Crippen molar-refractivity contribution in [2.75, 3.05) is 5.75 Å². The molecule has 0 aliphatic carbocycles. The summed E-state index contributed by atoms with van der Waals surface area (Å²) in [4.78, 5) is 0. The van der Waals surface area contributed by atoms with Gasteiger partial charge in [-0.3, -0.25) is 0 Å². The molecule has 0 saturated heterocycles. The summed E-state index contributed by atoms with van der Waals surface area (Å²) in [6.45, 7) is 4.25. The summed E-state index contributed by atoms with van der Waals surface area (Å²) < 4.78 is 5.58. The minimum atomic E-state index is -0.174. The van der Waals surface area contributed by atoms with E-state index in [-0.39, 0.29) is 18.4 Å². The second kappa shape index (κ2) is 9.66. The van der Waals surface area contributed by atoms with E-state index in [4.69, 9.17) is 10.2 Å². The van der Waals surface area contributed by atoms with Gasteiger partial charge in [-0.05, 0) is 17.9 Å². The first kappa shape index (κ1) is 18.7. The maximum atomic E-state index is 6.02. The Hall–Kier alpha value is -1.30. The van der Waals surface area contributed by atoms with Crippen molar-refractivity contribution >= 4 is 30.2 Å². The molecule has 0 aliphatic rings. The maximum absolute atomic E-state index is 6.02. The second-order valence-electron chi connectivity index (χ2n) is 5.27. The summed E-state index contributed by atoms with van der Waals surface area (Å²) in [5.41, 5.74) is 7.20. The Bertz CT molecular complexity index is 572. The lowest BCUT2D eigenvalue weighted by atomic mass is 10.1. The summed E-state index contributed by atoms with van der Waals surface area (Å²) in [6, 6.07) is 10.0. The van der Waals surface area contributed by atoms with Crippen LogP contribution in [0.1, 0.15) is 37.8 Å². The molecule has 6 heteroatoms. The van der Waals surface area contributed by atoms with E-state index in [1.165, 1.54) is 17.3 Å². The number of nitrogens with zero attached hydrogens (tertiary/aromatic N) is 2. The fourth-order valence-corrected chi connectivity index (χ4v) is 2.48. The van der Waals surface area contributed by atoms with E-state index in [9.17, 15) is 0 Å².